The van der Waals surface area contributed by atoms with E-state index in [2.05, 4.69) is 10.4 Å². The van der Waals surface area contributed by atoms with Crippen LogP contribution >= 0.6 is 20.1 Å². The van der Waals surface area contributed by atoms with Crippen LogP contribution in [-0.2, 0) is 23.6 Å². The van der Waals surface area contributed by atoms with E-state index in [1.165, 1.54) is 7.05 Å². The van der Waals surface area contributed by atoms with Crippen molar-refractivity contribution in [3.8, 4) is 5.75 Å². The zero-order valence-electron chi connectivity index (χ0n) is 20.4. The molecular weight excluding hydrogens is 542 g/mol. The van der Waals surface area contributed by atoms with Gasteiger partial charge in [-0.1, -0.05) is 29.8 Å². The van der Waals surface area contributed by atoms with Crippen LogP contribution in [0.2, 0.25) is 0 Å². The van der Waals surface area contributed by atoms with E-state index in [9.17, 15) is 27.6 Å². The van der Waals surface area contributed by atoms with Gasteiger partial charge in [0.15, 0.2) is 6.29 Å². The number of ether oxygens (including phenoxy) is 2. The maximum absolute atomic E-state index is 14.7. The number of allylic oxidation sites excluding steroid dienone is 1. The number of rotatable bonds is 12. The molecular formula is C22H30ClF3N3O7P. The Labute approximate surface area is 219 Å². The molecule has 10 nitrogen and oxygen atoms in total. The van der Waals surface area contributed by atoms with Crippen LogP contribution in [0.25, 0.3) is 0 Å². The second-order valence-corrected chi connectivity index (χ2v) is 9.11. The fraction of sp³-hybridized carbons (Fsp3) is 0.500. The van der Waals surface area contributed by atoms with Gasteiger partial charge in [-0.25, -0.2) is 23.1 Å². The minimum Gasteiger partial charge on any atom is -0.462 e. The van der Waals surface area contributed by atoms with Gasteiger partial charge in [-0.15, -0.1) is 0 Å². The fourth-order valence-corrected chi connectivity index (χ4v) is 4.00. The molecule has 2 amide bonds. The van der Waals surface area contributed by atoms with Crippen LogP contribution in [0.15, 0.2) is 41.6 Å². The van der Waals surface area contributed by atoms with Crippen molar-refractivity contribution < 1.29 is 46.1 Å². The van der Waals surface area contributed by atoms with Crippen LogP contribution in [0.5, 0.6) is 5.75 Å². The second kappa shape index (κ2) is 17.9. The highest BCUT2D eigenvalue weighted by molar-refractivity contribution is 7.45. The smallest absolute Gasteiger partial charge is 0.323 e. The number of halogens is 4. The van der Waals surface area contributed by atoms with Crippen LogP contribution in [0.1, 0.15) is 20.3 Å². The minimum absolute atomic E-state index is 0.160. The summed E-state index contributed by atoms with van der Waals surface area (Å²) in [4.78, 5) is 35.9. The Bertz CT molecular complexity index is 873. The molecule has 0 radical (unpaired) electrons. The SMILES string of the molecule is CNC(=O)N(/C=C(/Cl)C=O)C1CC(F)C(COP(NCC(=O)OC(C)C)Oc2ccccc2)O1.FCF. The zero-order chi connectivity index (χ0) is 27.8. The number of hydrogen-bond donors (Lipinski definition) is 2. The number of hydrogen-bond acceptors (Lipinski definition) is 8. The standard InChI is InChI=1S/C21H28ClFN3O7P.CH2F2/c1-14(2)31-20(28)10-25-34(33-16-7-5-4-6-8-16)30-13-18-17(23)9-19(32-18)26(21(29)24-3)11-15(22)12-27;2-1-3/h4-8,11-12,14,17-19,25H,9-10,13H2,1-3H3,(H,24,29);1H2/b15-11+;. The van der Waals surface area contributed by atoms with E-state index >= 15 is 0 Å². The molecule has 1 heterocycles. The molecule has 208 valence electrons. The summed E-state index contributed by atoms with van der Waals surface area (Å²) in [7, 11) is -0.482. The lowest BCUT2D eigenvalue weighted by molar-refractivity contribution is -0.145. The average molecular weight is 572 g/mol. The van der Waals surface area contributed by atoms with Gasteiger partial charge in [-0.2, -0.15) is 0 Å². The van der Waals surface area contributed by atoms with Gasteiger partial charge in [-0.05, 0) is 26.0 Å². The number of benzene rings is 1. The summed E-state index contributed by atoms with van der Waals surface area (Å²) < 4.78 is 56.2. The van der Waals surface area contributed by atoms with E-state index in [0.29, 0.717) is 12.0 Å². The predicted octanol–water partition coefficient (Wildman–Crippen LogP) is 4.11. The van der Waals surface area contributed by atoms with Gasteiger partial charge in [-0.3, -0.25) is 14.5 Å². The highest BCUT2D eigenvalue weighted by Crippen LogP contribution is 2.37. The van der Waals surface area contributed by atoms with Gasteiger partial charge < -0.3 is 23.8 Å². The van der Waals surface area contributed by atoms with E-state index in [0.717, 1.165) is 11.1 Å². The summed E-state index contributed by atoms with van der Waals surface area (Å²) in [5.41, 5.74) is 0. The third kappa shape index (κ3) is 12.6. The summed E-state index contributed by atoms with van der Waals surface area (Å²) in [6.45, 7) is 1.30. The monoisotopic (exact) mass is 571 g/mol. The van der Waals surface area contributed by atoms with Gasteiger partial charge in [0.1, 0.15) is 30.8 Å². The average Bonchev–Trinajstić information content (AvgIpc) is 3.24. The first-order chi connectivity index (χ1) is 17.6. The summed E-state index contributed by atoms with van der Waals surface area (Å²) in [6, 6.07) is 8.13. The van der Waals surface area contributed by atoms with Crippen molar-refractivity contribution in [3.63, 3.8) is 0 Å². The normalized spacial score (nSPS) is 19.9. The molecule has 0 aromatic heterocycles. The topological polar surface area (TPSA) is 115 Å². The first kappa shape index (κ1) is 32.6. The van der Waals surface area contributed by atoms with Crippen molar-refractivity contribution in [1.82, 2.24) is 15.3 Å². The first-order valence-electron chi connectivity index (χ1n) is 11.0. The lowest BCUT2D eigenvalue weighted by Crippen LogP contribution is -2.42. The number of amides is 2. The molecule has 1 fully saturated rings. The van der Waals surface area contributed by atoms with E-state index < -0.39 is 46.0 Å². The number of nitrogens with one attached hydrogen (secondary N) is 2. The highest BCUT2D eigenvalue weighted by atomic mass is 35.5. The Morgan fingerprint density at radius 1 is 1.30 bits per heavy atom. The predicted molar refractivity (Wildman–Crippen MR) is 131 cm³/mol. The van der Waals surface area contributed by atoms with Crippen molar-refractivity contribution in [2.75, 3.05) is 27.1 Å². The summed E-state index contributed by atoms with van der Waals surface area (Å²) in [6.07, 6.45) is -2.53. The van der Waals surface area contributed by atoms with Crippen LogP contribution in [0.4, 0.5) is 18.0 Å². The third-order valence-corrected chi connectivity index (χ3v) is 5.67. The van der Waals surface area contributed by atoms with Crippen LogP contribution in [-0.4, -0.2) is 74.9 Å². The van der Waals surface area contributed by atoms with Crippen molar-refractivity contribution in [1.29, 1.82) is 0 Å². The molecule has 1 aliphatic heterocycles. The van der Waals surface area contributed by atoms with Crippen molar-refractivity contribution in [2.45, 2.75) is 44.9 Å². The molecule has 1 aromatic carbocycles. The lowest BCUT2D eigenvalue weighted by atomic mass is 10.2. The highest BCUT2D eigenvalue weighted by Gasteiger charge is 2.40. The van der Waals surface area contributed by atoms with Crippen molar-refractivity contribution in [2.24, 2.45) is 0 Å². The molecule has 1 aromatic rings. The quantitative estimate of drug-likeness (QED) is 0.167. The van der Waals surface area contributed by atoms with Gasteiger partial charge in [0.05, 0.1) is 17.7 Å². The molecule has 37 heavy (non-hydrogen) atoms. The molecule has 2 rings (SSSR count). The number of carbonyl (C=O) groups excluding carboxylic acids is 3. The second-order valence-electron chi connectivity index (χ2n) is 7.41. The number of carbonyl (C=O) groups is 3. The van der Waals surface area contributed by atoms with Gasteiger partial charge in [0.2, 0.25) is 6.93 Å². The molecule has 2 N–H and O–H groups in total. The Morgan fingerprint density at radius 3 is 2.51 bits per heavy atom. The van der Waals surface area contributed by atoms with Crippen LogP contribution in [0, 0.1) is 0 Å². The minimum atomic E-state index is -1.86. The molecule has 15 heteroatoms. The van der Waals surface area contributed by atoms with Gasteiger partial charge in [0.25, 0.3) is 0 Å². The maximum atomic E-state index is 14.7. The number of para-hydroxylation sites is 1. The molecule has 0 aliphatic carbocycles. The third-order valence-electron chi connectivity index (χ3n) is 4.30. The molecule has 0 spiro atoms. The molecule has 1 aliphatic rings. The van der Waals surface area contributed by atoms with E-state index in [-0.39, 0.29) is 30.7 Å². The van der Waals surface area contributed by atoms with E-state index in [1.807, 2.05) is 6.07 Å². The van der Waals surface area contributed by atoms with E-state index in [1.54, 1.807) is 38.1 Å². The Balaban J connectivity index is 0.00000217. The molecule has 1 saturated heterocycles. The Morgan fingerprint density at radius 2 is 1.95 bits per heavy atom. The molecule has 4 atom stereocenters. The number of urea groups is 1. The Kier molecular flexibility index (Phi) is 15.8. The van der Waals surface area contributed by atoms with Crippen LogP contribution in [0.3, 0.4) is 0 Å². The van der Waals surface area contributed by atoms with Gasteiger partial charge in [0, 0.05) is 19.7 Å². The summed E-state index contributed by atoms with van der Waals surface area (Å²) in [5.74, 6) is -0.0110. The number of alkyl halides is 3. The van der Waals surface area contributed by atoms with Gasteiger partial charge >= 0.3 is 20.5 Å². The summed E-state index contributed by atoms with van der Waals surface area (Å²) in [5, 5.41) is 4.97. The first-order valence-corrected chi connectivity index (χ1v) is 12.5. The number of esters is 1. The molecule has 0 bridgehead atoms. The van der Waals surface area contributed by atoms with Crippen molar-refractivity contribution >= 4 is 38.4 Å². The zero-order valence-corrected chi connectivity index (χ0v) is 22.1. The fourth-order valence-electron chi connectivity index (χ4n) is 2.83. The van der Waals surface area contributed by atoms with E-state index in [4.69, 9.17) is 30.1 Å². The largest absolute Gasteiger partial charge is 0.462 e. The Hall–Kier alpha value is -2.44. The number of nitrogens with zero attached hydrogens (tertiary/aromatic N) is 1. The summed E-state index contributed by atoms with van der Waals surface area (Å²) >= 11 is 5.72. The molecule has 4 unspecified atom stereocenters. The lowest BCUT2D eigenvalue weighted by Gasteiger charge is -2.25. The van der Waals surface area contributed by atoms with Crippen LogP contribution < -0.4 is 14.9 Å². The van der Waals surface area contributed by atoms with Crippen molar-refractivity contribution in [3.05, 3.63) is 41.6 Å². The molecule has 0 saturated carbocycles. The maximum Gasteiger partial charge on any atom is 0.323 e. The number of aldehydes is 1.